The fourth-order valence-corrected chi connectivity index (χ4v) is 4.39. The number of thioether (sulfide) groups is 1. The Labute approximate surface area is 196 Å². The molecule has 0 aliphatic rings. The first-order chi connectivity index (χ1) is 16.0. The number of ether oxygens (including phenoxy) is 1. The molecule has 170 valence electrons. The fraction of sp³-hybridized carbons (Fsp3) is 0.182. The summed E-state index contributed by atoms with van der Waals surface area (Å²) in [4.78, 5) is 16.8. The molecule has 1 amide bonds. The number of alkyl halides is 2. The smallest absolute Gasteiger partial charge is 0.387 e. The summed E-state index contributed by atoms with van der Waals surface area (Å²) in [6.45, 7) is -0.940. The number of halogens is 2. The van der Waals surface area contributed by atoms with Crippen molar-refractivity contribution in [3.05, 3.63) is 70.2 Å². The van der Waals surface area contributed by atoms with Crippen LogP contribution in [0.4, 0.5) is 14.5 Å². The maximum atomic E-state index is 12.3. The van der Waals surface area contributed by atoms with Gasteiger partial charge in [-0.25, -0.2) is 4.98 Å². The zero-order chi connectivity index (χ0) is 23.2. The summed E-state index contributed by atoms with van der Waals surface area (Å²) in [7, 11) is 0. The molecule has 2 aromatic carbocycles. The fourth-order valence-electron chi connectivity index (χ4n) is 2.84. The van der Waals surface area contributed by atoms with Crippen LogP contribution in [0.25, 0.3) is 11.5 Å². The van der Waals surface area contributed by atoms with Gasteiger partial charge in [0.15, 0.2) is 0 Å². The van der Waals surface area contributed by atoms with Gasteiger partial charge in [0.25, 0.3) is 5.22 Å². The average molecular weight is 489 g/mol. The number of anilines is 1. The summed E-state index contributed by atoms with van der Waals surface area (Å²) in [5.74, 6) is 0.700. The maximum Gasteiger partial charge on any atom is 0.387 e. The number of para-hydroxylation sites is 1. The number of benzene rings is 2. The van der Waals surface area contributed by atoms with Gasteiger partial charge in [0.05, 0.1) is 12.1 Å². The van der Waals surface area contributed by atoms with Crippen LogP contribution in [0.2, 0.25) is 0 Å². The molecule has 0 spiro atoms. The SMILES string of the molecule is Cc1ccccc1NC(=O)Cc1nc(CSc2nnc(-c3ccc(OC(F)F)cc3)o2)cs1. The van der Waals surface area contributed by atoms with E-state index < -0.39 is 6.61 Å². The lowest BCUT2D eigenvalue weighted by Gasteiger charge is -2.06. The van der Waals surface area contributed by atoms with Crippen LogP contribution in [0.1, 0.15) is 16.3 Å². The second-order valence-corrected chi connectivity index (χ2v) is 8.71. The van der Waals surface area contributed by atoms with Gasteiger partial charge in [0.2, 0.25) is 11.8 Å². The van der Waals surface area contributed by atoms with Crippen molar-refractivity contribution >= 4 is 34.7 Å². The molecular weight excluding hydrogens is 470 g/mol. The van der Waals surface area contributed by atoms with Gasteiger partial charge in [-0.15, -0.1) is 21.5 Å². The average Bonchev–Trinajstić information content (AvgIpc) is 3.43. The molecule has 33 heavy (non-hydrogen) atoms. The minimum atomic E-state index is -2.88. The number of hydrogen-bond acceptors (Lipinski definition) is 8. The number of nitrogens with one attached hydrogen (secondary N) is 1. The summed E-state index contributed by atoms with van der Waals surface area (Å²) < 4.78 is 34.4. The number of aryl methyl sites for hydroxylation is 1. The molecular formula is C22H18F2N4O3S2. The number of carbonyl (C=O) groups excluding carboxylic acids is 1. The van der Waals surface area contributed by atoms with Crippen LogP contribution in [0.15, 0.2) is 63.6 Å². The minimum absolute atomic E-state index is 0.0507. The molecule has 2 heterocycles. The van der Waals surface area contributed by atoms with Crippen LogP contribution in [0, 0.1) is 6.92 Å². The molecule has 0 bridgehead atoms. The predicted octanol–water partition coefficient (Wildman–Crippen LogP) is 5.58. The van der Waals surface area contributed by atoms with Crippen molar-refractivity contribution in [1.82, 2.24) is 15.2 Å². The van der Waals surface area contributed by atoms with Gasteiger partial charge >= 0.3 is 6.61 Å². The molecule has 0 aliphatic carbocycles. The van der Waals surface area contributed by atoms with Crippen molar-refractivity contribution in [2.75, 3.05) is 5.32 Å². The number of rotatable bonds is 9. The van der Waals surface area contributed by atoms with Gasteiger partial charge in [0.1, 0.15) is 10.8 Å². The first kappa shape index (κ1) is 22.9. The number of nitrogens with zero attached hydrogens (tertiary/aromatic N) is 3. The van der Waals surface area contributed by atoms with Crippen LogP contribution >= 0.6 is 23.1 Å². The minimum Gasteiger partial charge on any atom is -0.435 e. The van der Waals surface area contributed by atoms with E-state index in [1.807, 2.05) is 36.6 Å². The maximum absolute atomic E-state index is 12.3. The van der Waals surface area contributed by atoms with Crippen LogP contribution in [0.5, 0.6) is 5.75 Å². The summed E-state index contributed by atoms with van der Waals surface area (Å²) in [6, 6.07) is 13.5. The summed E-state index contributed by atoms with van der Waals surface area (Å²) in [6.07, 6.45) is 0.194. The Balaban J connectivity index is 1.29. The Bertz CT molecular complexity index is 1230. The topological polar surface area (TPSA) is 90.1 Å². The Morgan fingerprint density at radius 2 is 1.97 bits per heavy atom. The third-order valence-corrected chi connectivity index (χ3v) is 6.16. The lowest BCUT2D eigenvalue weighted by atomic mass is 10.2. The van der Waals surface area contributed by atoms with E-state index in [0.717, 1.165) is 16.9 Å². The van der Waals surface area contributed by atoms with Gasteiger partial charge in [-0.1, -0.05) is 30.0 Å². The highest BCUT2D eigenvalue weighted by Crippen LogP contribution is 2.27. The van der Waals surface area contributed by atoms with Crippen LogP contribution in [-0.4, -0.2) is 27.7 Å². The number of hydrogen-bond donors (Lipinski definition) is 1. The molecule has 1 N–H and O–H groups in total. The van der Waals surface area contributed by atoms with E-state index in [9.17, 15) is 13.6 Å². The van der Waals surface area contributed by atoms with Gasteiger partial charge < -0.3 is 14.5 Å². The van der Waals surface area contributed by atoms with E-state index in [2.05, 4.69) is 25.2 Å². The van der Waals surface area contributed by atoms with Crippen molar-refractivity contribution in [3.8, 4) is 17.2 Å². The first-order valence-corrected chi connectivity index (χ1v) is 11.6. The molecule has 0 saturated heterocycles. The number of amides is 1. The van der Waals surface area contributed by atoms with Crippen LogP contribution in [-0.2, 0) is 17.0 Å². The van der Waals surface area contributed by atoms with Gasteiger partial charge in [-0.05, 0) is 42.8 Å². The Hall–Kier alpha value is -3.31. The predicted molar refractivity (Wildman–Crippen MR) is 122 cm³/mol. The van der Waals surface area contributed by atoms with Gasteiger partial charge in [-0.3, -0.25) is 4.79 Å². The highest BCUT2D eigenvalue weighted by atomic mass is 32.2. The molecule has 0 atom stereocenters. The summed E-state index contributed by atoms with van der Waals surface area (Å²) in [5.41, 5.74) is 3.18. The highest BCUT2D eigenvalue weighted by Gasteiger charge is 2.13. The molecule has 11 heteroatoms. The zero-order valence-electron chi connectivity index (χ0n) is 17.3. The van der Waals surface area contributed by atoms with E-state index in [1.165, 1.54) is 35.2 Å². The molecule has 4 rings (SSSR count). The first-order valence-electron chi connectivity index (χ1n) is 9.76. The third-order valence-electron chi connectivity index (χ3n) is 4.41. The number of carbonyl (C=O) groups is 1. The Morgan fingerprint density at radius 3 is 2.73 bits per heavy atom. The van der Waals surface area contributed by atoms with Crippen molar-refractivity contribution in [2.45, 2.75) is 30.9 Å². The molecule has 0 radical (unpaired) electrons. The number of aromatic nitrogens is 3. The van der Waals surface area contributed by atoms with Crippen LogP contribution < -0.4 is 10.1 Å². The van der Waals surface area contributed by atoms with Crippen molar-refractivity contribution < 1.29 is 22.7 Å². The zero-order valence-corrected chi connectivity index (χ0v) is 19.0. The molecule has 0 fully saturated rings. The Kier molecular flexibility index (Phi) is 7.30. The lowest BCUT2D eigenvalue weighted by Crippen LogP contribution is -2.15. The van der Waals surface area contributed by atoms with E-state index in [-0.39, 0.29) is 24.0 Å². The van der Waals surface area contributed by atoms with Gasteiger partial charge in [0, 0.05) is 22.4 Å². The Morgan fingerprint density at radius 1 is 1.18 bits per heavy atom. The van der Waals surface area contributed by atoms with E-state index in [0.29, 0.717) is 21.5 Å². The molecule has 2 aromatic heterocycles. The summed E-state index contributed by atoms with van der Waals surface area (Å²) in [5, 5.41) is 13.8. The standard InChI is InChI=1S/C22H18F2N4O3S2/c1-13-4-2-3-5-17(13)26-18(29)10-19-25-15(11-32-19)12-33-22-28-27-20(31-22)14-6-8-16(9-7-14)30-21(23)24/h2-9,11,21H,10,12H2,1H3,(H,26,29). The van der Waals surface area contributed by atoms with Crippen molar-refractivity contribution in [2.24, 2.45) is 0 Å². The quantitative estimate of drug-likeness (QED) is 0.308. The highest BCUT2D eigenvalue weighted by molar-refractivity contribution is 7.98. The van der Waals surface area contributed by atoms with Crippen molar-refractivity contribution in [1.29, 1.82) is 0 Å². The molecule has 0 aliphatic heterocycles. The lowest BCUT2D eigenvalue weighted by molar-refractivity contribution is -0.115. The molecule has 0 saturated carbocycles. The van der Waals surface area contributed by atoms with Gasteiger partial charge in [-0.2, -0.15) is 8.78 Å². The van der Waals surface area contributed by atoms with E-state index >= 15 is 0 Å². The second kappa shape index (κ2) is 10.5. The second-order valence-electron chi connectivity index (χ2n) is 6.84. The largest absolute Gasteiger partial charge is 0.435 e. The number of thiazole rings is 1. The van der Waals surface area contributed by atoms with Crippen LogP contribution in [0.3, 0.4) is 0 Å². The molecule has 4 aromatic rings. The van der Waals surface area contributed by atoms with Crippen molar-refractivity contribution in [3.63, 3.8) is 0 Å². The third kappa shape index (κ3) is 6.36. The molecule has 7 nitrogen and oxygen atoms in total. The summed E-state index contributed by atoms with van der Waals surface area (Å²) >= 11 is 2.73. The monoisotopic (exact) mass is 488 g/mol. The normalized spacial score (nSPS) is 11.0. The van der Waals surface area contributed by atoms with E-state index in [4.69, 9.17) is 4.42 Å². The molecule has 0 unspecified atom stereocenters. The van der Waals surface area contributed by atoms with E-state index in [1.54, 1.807) is 12.1 Å².